The number of carboxylic acid groups (broad SMARTS) is 1. The zero-order valence-electron chi connectivity index (χ0n) is 16.1. The number of aliphatic carboxylic acids is 1. The summed E-state index contributed by atoms with van der Waals surface area (Å²) in [7, 11) is 0. The van der Waals surface area contributed by atoms with Crippen molar-refractivity contribution in [2.45, 2.75) is 109 Å². The number of ether oxygens (including phenoxy) is 1. The standard InChI is InChI=1S/C21H38O4/c1-3-5-6-7-8-9-10-11-12-13-14-15-16-17-18-19(21(23)24)25-20(22)4-2/h4,19H,2-3,5-18H2,1H3,(H,23,24). The Morgan fingerprint density at radius 1 is 0.840 bits per heavy atom. The molecule has 4 nitrogen and oxygen atoms in total. The summed E-state index contributed by atoms with van der Waals surface area (Å²) in [6.45, 7) is 5.53. The summed E-state index contributed by atoms with van der Waals surface area (Å²) >= 11 is 0. The van der Waals surface area contributed by atoms with Gasteiger partial charge in [-0.1, -0.05) is 97.0 Å². The van der Waals surface area contributed by atoms with Crippen LogP contribution in [0.3, 0.4) is 0 Å². The van der Waals surface area contributed by atoms with Crippen LogP contribution < -0.4 is 0 Å². The maximum atomic E-state index is 11.1. The van der Waals surface area contributed by atoms with Crippen molar-refractivity contribution in [2.24, 2.45) is 0 Å². The van der Waals surface area contributed by atoms with E-state index in [0.717, 1.165) is 25.3 Å². The highest BCUT2D eigenvalue weighted by Crippen LogP contribution is 2.14. The predicted octanol–water partition coefficient (Wildman–Crippen LogP) is 6.04. The topological polar surface area (TPSA) is 63.6 Å². The van der Waals surface area contributed by atoms with Gasteiger partial charge in [0.25, 0.3) is 0 Å². The molecule has 0 rings (SSSR count). The Bertz CT molecular complexity index is 352. The molecule has 0 saturated heterocycles. The molecule has 1 unspecified atom stereocenters. The van der Waals surface area contributed by atoms with E-state index in [1.807, 2.05) is 0 Å². The van der Waals surface area contributed by atoms with E-state index in [0.29, 0.717) is 6.42 Å². The largest absolute Gasteiger partial charge is 0.479 e. The summed E-state index contributed by atoms with van der Waals surface area (Å²) in [5, 5.41) is 9.01. The minimum absolute atomic E-state index is 0.382. The van der Waals surface area contributed by atoms with Crippen LogP contribution in [-0.4, -0.2) is 23.1 Å². The molecule has 146 valence electrons. The fraction of sp³-hybridized carbons (Fsp3) is 0.810. The molecular weight excluding hydrogens is 316 g/mol. The molecule has 4 heteroatoms. The molecule has 0 aromatic carbocycles. The molecular formula is C21H38O4. The van der Waals surface area contributed by atoms with E-state index in [1.165, 1.54) is 70.6 Å². The van der Waals surface area contributed by atoms with Gasteiger partial charge in [-0.3, -0.25) is 0 Å². The Labute approximate surface area is 154 Å². The van der Waals surface area contributed by atoms with Gasteiger partial charge >= 0.3 is 11.9 Å². The summed E-state index contributed by atoms with van der Waals surface area (Å²) < 4.78 is 4.82. The first-order valence-corrected chi connectivity index (χ1v) is 10.2. The number of hydrogen-bond acceptors (Lipinski definition) is 3. The normalized spacial score (nSPS) is 11.9. The smallest absolute Gasteiger partial charge is 0.345 e. The molecule has 0 aliphatic carbocycles. The zero-order valence-corrected chi connectivity index (χ0v) is 16.1. The number of esters is 1. The molecule has 0 aliphatic rings. The van der Waals surface area contributed by atoms with Crippen molar-refractivity contribution in [3.05, 3.63) is 12.7 Å². The quantitative estimate of drug-likeness (QED) is 0.185. The average molecular weight is 355 g/mol. The van der Waals surface area contributed by atoms with E-state index < -0.39 is 18.0 Å². The molecule has 1 atom stereocenters. The van der Waals surface area contributed by atoms with Crippen LogP contribution in [0, 0.1) is 0 Å². The Hall–Kier alpha value is -1.32. The minimum Gasteiger partial charge on any atom is -0.479 e. The van der Waals surface area contributed by atoms with Crippen LogP contribution in [0.4, 0.5) is 0 Å². The van der Waals surface area contributed by atoms with Crippen molar-refractivity contribution >= 4 is 11.9 Å². The number of hydrogen-bond donors (Lipinski definition) is 1. The monoisotopic (exact) mass is 354 g/mol. The number of carbonyl (C=O) groups excluding carboxylic acids is 1. The van der Waals surface area contributed by atoms with Crippen LogP contribution in [0.25, 0.3) is 0 Å². The van der Waals surface area contributed by atoms with Crippen LogP contribution in [-0.2, 0) is 14.3 Å². The van der Waals surface area contributed by atoms with Gasteiger partial charge in [0.2, 0.25) is 0 Å². The first-order valence-electron chi connectivity index (χ1n) is 10.2. The van der Waals surface area contributed by atoms with E-state index in [4.69, 9.17) is 9.84 Å². The molecule has 0 bridgehead atoms. The predicted molar refractivity (Wildman–Crippen MR) is 103 cm³/mol. The Morgan fingerprint density at radius 3 is 1.60 bits per heavy atom. The first-order chi connectivity index (χ1) is 12.1. The van der Waals surface area contributed by atoms with Gasteiger partial charge in [-0.2, -0.15) is 0 Å². The first kappa shape index (κ1) is 23.7. The molecule has 1 N–H and O–H groups in total. The second-order valence-corrected chi connectivity index (χ2v) is 6.85. The molecule has 0 amide bonds. The average Bonchev–Trinajstić information content (AvgIpc) is 2.60. The van der Waals surface area contributed by atoms with E-state index in [1.54, 1.807) is 0 Å². The number of rotatable bonds is 18. The van der Waals surface area contributed by atoms with Crippen LogP contribution in [0.5, 0.6) is 0 Å². The number of carboxylic acids is 1. The third-order valence-electron chi connectivity index (χ3n) is 4.52. The number of unbranched alkanes of at least 4 members (excludes halogenated alkanes) is 13. The molecule has 0 radical (unpaired) electrons. The minimum atomic E-state index is -1.08. The maximum absolute atomic E-state index is 11.1. The third kappa shape index (κ3) is 15.9. The van der Waals surface area contributed by atoms with Gasteiger partial charge in [-0.05, 0) is 12.8 Å². The molecule has 0 saturated carbocycles. The van der Waals surface area contributed by atoms with Crippen molar-refractivity contribution in [2.75, 3.05) is 0 Å². The van der Waals surface area contributed by atoms with Gasteiger partial charge < -0.3 is 9.84 Å². The van der Waals surface area contributed by atoms with E-state index >= 15 is 0 Å². The van der Waals surface area contributed by atoms with Crippen LogP contribution in [0.2, 0.25) is 0 Å². The second kappa shape index (κ2) is 17.5. The molecule has 0 fully saturated rings. The van der Waals surface area contributed by atoms with Crippen molar-refractivity contribution in [3.63, 3.8) is 0 Å². The van der Waals surface area contributed by atoms with Crippen LogP contribution in [0.1, 0.15) is 103 Å². The summed E-state index contributed by atoms with van der Waals surface area (Å²) in [5.41, 5.74) is 0. The molecule has 0 aliphatic heterocycles. The van der Waals surface area contributed by atoms with Gasteiger partial charge in [-0.25, -0.2) is 9.59 Å². The zero-order chi connectivity index (χ0) is 18.8. The Kier molecular flexibility index (Phi) is 16.6. The lowest BCUT2D eigenvalue weighted by atomic mass is 10.0. The van der Waals surface area contributed by atoms with Gasteiger partial charge in [0, 0.05) is 6.08 Å². The molecule has 0 aromatic heterocycles. The fourth-order valence-corrected chi connectivity index (χ4v) is 2.95. The van der Waals surface area contributed by atoms with Crippen LogP contribution in [0.15, 0.2) is 12.7 Å². The summed E-state index contributed by atoms with van der Waals surface area (Å²) in [4.78, 5) is 22.1. The second-order valence-electron chi connectivity index (χ2n) is 6.85. The molecule has 0 heterocycles. The van der Waals surface area contributed by atoms with Crippen molar-refractivity contribution in [1.82, 2.24) is 0 Å². The maximum Gasteiger partial charge on any atom is 0.345 e. The fourth-order valence-electron chi connectivity index (χ4n) is 2.95. The Balaban J connectivity index is 3.38. The summed E-state index contributed by atoms with van der Waals surface area (Å²) in [6, 6.07) is 0. The Morgan fingerprint density at radius 2 is 1.24 bits per heavy atom. The highest BCUT2D eigenvalue weighted by Gasteiger charge is 2.20. The lowest BCUT2D eigenvalue weighted by Crippen LogP contribution is -2.26. The molecule has 0 spiro atoms. The summed E-state index contributed by atoms with van der Waals surface area (Å²) in [5.74, 6) is -1.75. The van der Waals surface area contributed by atoms with Crippen molar-refractivity contribution in [1.29, 1.82) is 0 Å². The lowest BCUT2D eigenvalue weighted by Gasteiger charge is -2.12. The summed E-state index contributed by atoms with van der Waals surface area (Å²) in [6.07, 6.45) is 18.0. The van der Waals surface area contributed by atoms with Gasteiger partial charge in [0.15, 0.2) is 6.10 Å². The lowest BCUT2D eigenvalue weighted by molar-refractivity contribution is -0.161. The molecule has 25 heavy (non-hydrogen) atoms. The van der Waals surface area contributed by atoms with Crippen molar-refractivity contribution in [3.8, 4) is 0 Å². The molecule has 0 aromatic rings. The van der Waals surface area contributed by atoms with E-state index in [-0.39, 0.29) is 0 Å². The van der Waals surface area contributed by atoms with Gasteiger partial charge in [-0.15, -0.1) is 0 Å². The van der Waals surface area contributed by atoms with E-state index in [9.17, 15) is 9.59 Å². The van der Waals surface area contributed by atoms with Crippen molar-refractivity contribution < 1.29 is 19.4 Å². The van der Waals surface area contributed by atoms with Crippen LogP contribution >= 0.6 is 0 Å². The van der Waals surface area contributed by atoms with Gasteiger partial charge in [0.05, 0.1) is 0 Å². The van der Waals surface area contributed by atoms with E-state index in [2.05, 4.69) is 13.5 Å². The third-order valence-corrected chi connectivity index (χ3v) is 4.52. The number of carbonyl (C=O) groups is 2. The highest BCUT2D eigenvalue weighted by atomic mass is 16.6. The highest BCUT2D eigenvalue weighted by molar-refractivity contribution is 5.84. The SMILES string of the molecule is C=CC(=O)OC(CCCCCCCCCCCCCCCC)C(=O)O. The van der Waals surface area contributed by atoms with Gasteiger partial charge in [0.1, 0.15) is 0 Å².